The number of amides is 1. The van der Waals surface area contributed by atoms with E-state index in [1.54, 1.807) is 41.1 Å². The van der Waals surface area contributed by atoms with Crippen molar-refractivity contribution in [3.63, 3.8) is 0 Å². The zero-order valence-corrected chi connectivity index (χ0v) is 42.4. The average molecular weight is 958 g/mol. The first kappa shape index (κ1) is 57.2. The first-order chi connectivity index (χ1) is 32.3. The molecule has 68 heavy (non-hydrogen) atoms. The summed E-state index contributed by atoms with van der Waals surface area (Å²) in [6.07, 6.45) is 11.5. The number of nitrogens with zero attached hydrogens (tertiary/aromatic N) is 1. The van der Waals surface area contributed by atoms with Crippen LogP contribution in [0.3, 0.4) is 0 Å². The summed E-state index contributed by atoms with van der Waals surface area (Å²) in [5.41, 5.74) is 1.24. The number of cyclic esters (lactones) is 1. The first-order valence-electron chi connectivity index (χ1n) is 25.0. The van der Waals surface area contributed by atoms with Gasteiger partial charge in [0.1, 0.15) is 30.1 Å². The van der Waals surface area contributed by atoms with Crippen molar-refractivity contribution in [2.24, 2.45) is 35.5 Å². The number of ketones is 3. The van der Waals surface area contributed by atoms with Crippen LogP contribution in [0.4, 0.5) is 0 Å². The number of aliphatic hydroxyl groups excluding tert-OH is 2. The Bertz CT molecular complexity index is 1810. The third-order valence-corrected chi connectivity index (χ3v) is 14.8. The second kappa shape index (κ2) is 27.3. The topological polar surface area (TPSA) is 205 Å². The molecule has 15 heteroatoms. The maximum Gasteiger partial charge on any atom is 0.329 e. The molecule has 2 saturated heterocycles. The zero-order chi connectivity index (χ0) is 50.3. The fraction of sp³-hybridized carbons (Fsp3) is 0.755. The highest BCUT2D eigenvalue weighted by Crippen LogP contribution is 2.37. The molecule has 15 atom stereocenters. The molecule has 3 aliphatic heterocycles. The molecule has 3 fully saturated rings. The minimum Gasteiger partial charge on any atom is -0.460 e. The number of fused-ring (bicyclic) bond motifs is 3. The minimum atomic E-state index is -2.86. The summed E-state index contributed by atoms with van der Waals surface area (Å²) < 4.78 is 35.7. The van der Waals surface area contributed by atoms with Crippen LogP contribution in [0.15, 0.2) is 47.6 Å². The van der Waals surface area contributed by atoms with Gasteiger partial charge in [0.2, 0.25) is 5.78 Å². The molecule has 1 amide bonds. The Morgan fingerprint density at radius 2 is 1.57 bits per heavy atom. The number of allylic oxidation sites excluding steroid dienone is 6. The van der Waals surface area contributed by atoms with Crippen molar-refractivity contribution >= 4 is 29.2 Å². The van der Waals surface area contributed by atoms with E-state index in [-0.39, 0.29) is 80.5 Å². The third-order valence-electron chi connectivity index (χ3n) is 14.8. The monoisotopic (exact) mass is 958 g/mol. The zero-order valence-electron chi connectivity index (χ0n) is 42.4. The summed E-state index contributed by atoms with van der Waals surface area (Å²) >= 11 is 0. The lowest BCUT2D eigenvalue weighted by Crippen LogP contribution is -2.62. The van der Waals surface area contributed by atoms with Crippen LogP contribution >= 0.6 is 0 Å². The van der Waals surface area contributed by atoms with E-state index < -0.39 is 77.8 Å². The van der Waals surface area contributed by atoms with E-state index in [1.807, 2.05) is 58.1 Å². The van der Waals surface area contributed by atoms with Gasteiger partial charge < -0.3 is 48.6 Å². The van der Waals surface area contributed by atoms with Crippen LogP contribution in [-0.4, -0.2) is 145 Å². The number of rotatable bonds is 9. The van der Waals surface area contributed by atoms with Crippen LogP contribution in [0.25, 0.3) is 0 Å². The van der Waals surface area contributed by atoms with E-state index in [0.29, 0.717) is 56.9 Å². The van der Waals surface area contributed by atoms with Crippen LogP contribution < -0.4 is 0 Å². The van der Waals surface area contributed by atoms with Gasteiger partial charge >= 0.3 is 11.8 Å². The molecule has 4 rings (SSSR count). The average Bonchev–Trinajstić information content (AvgIpc) is 3.43. The molecule has 2 bridgehead atoms. The molecular weight excluding hydrogens is 875 g/mol. The molecule has 15 nitrogen and oxygen atoms in total. The van der Waals surface area contributed by atoms with E-state index in [4.69, 9.17) is 28.4 Å². The highest BCUT2D eigenvalue weighted by Gasteiger charge is 2.55. The number of carbonyl (C=O) groups is 5. The van der Waals surface area contributed by atoms with Gasteiger partial charge in [0, 0.05) is 58.5 Å². The van der Waals surface area contributed by atoms with E-state index in [0.717, 1.165) is 12.0 Å². The molecule has 0 aromatic carbocycles. The van der Waals surface area contributed by atoms with Gasteiger partial charge in [-0.05, 0) is 107 Å². The molecule has 0 spiro atoms. The lowest BCUT2D eigenvalue weighted by atomic mass is 9.78. The lowest BCUT2D eigenvalue weighted by molar-refractivity contribution is -0.231. The molecule has 0 aromatic rings. The molecule has 1 unspecified atom stereocenters. The third kappa shape index (κ3) is 15.3. The first-order valence-corrected chi connectivity index (χ1v) is 25.0. The normalized spacial score (nSPS) is 39.2. The number of aliphatic hydroxyl groups is 3. The van der Waals surface area contributed by atoms with E-state index >= 15 is 0 Å². The molecule has 3 N–H and O–H groups in total. The van der Waals surface area contributed by atoms with Gasteiger partial charge in [-0.15, -0.1) is 0 Å². The standard InChI is InChI=1S/C53H83NO14/c1-32-16-12-11-13-17-33(2)44(63-8)30-40-21-19-34(3)50(59)53(62,68-40)52(61)54-23-15-14-18-41(54)51(60)67-45(36(5)28-39-20-22-43(66-25-24-55)46(29-39)64-9)31-42(56)35(4)27-38(7)48(58)49(65-10)47(57)37(6)26-32/h11-13,16-17,27,32,34-37,39-41,43-46,48-49,55,58,62H,14-15,18-26,28-31H2,1-10H3/b13-11+,16-12+,33-17+,38-27+/t32-,34-,35-,36-,37-,39+,40+,41+,43-,44+,45+,46-,48-,49+,53?/m1/s1. The molecular formula is C53H83NO14. The molecule has 0 aromatic heterocycles. The van der Waals surface area contributed by atoms with Crippen LogP contribution in [0, 0.1) is 35.5 Å². The smallest absolute Gasteiger partial charge is 0.329 e. The van der Waals surface area contributed by atoms with E-state index in [1.165, 1.54) is 12.0 Å². The molecule has 384 valence electrons. The van der Waals surface area contributed by atoms with Crippen LogP contribution in [-0.2, 0) is 52.4 Å². The fourth-order valence-corrected chi connectivity index (χ4v) is 10.5. The van der Waals surface area contributed by atoms with Crippen molar-refractivity contribution < 1.29 is 67.7 Å². The second-order valence-electron chi connectivity index (χ2n) is 20.1. The molecule has 0 radical (unpaired) electrons. The second-order valence-corrected chi connectivity index (χ2v) is 20.1. The van der Waals surface area contributed by atoms with Crippen LogP contribution in [0.2, 0.25) is 0 Å². The maximum atomic E-state index is 14.7. The Labute approximate surface area is 405 Å². The Morgan fingerprint density at radius 3 is 2.25 bits per heavy atom. The number of esters is 1. The minimum absolute atomic E-state index is 0.0112. The SMILES string of the molecule is CO[C@H]1C[C@@H]2CC[C@@H](C)C(=O)C(O)(O2)C(=O)N2CCCC[C@H]2C(=O)O[C@H]([C@H](C)C[C@@H]2CC[C@@H](OCCO)[C@H](OC)C2)CC(=O)[C@H](C)/C=C(\C)[C@@H](O)[C@@H](OC)C(=O)[C@H](C)C[C@H](C)/C=C/C=C/C=C/1C. The lowest BCUT2D eigenvalue weighted by Gasteiger charge is -2.40. The molecule has 3 heterocycles. The number of hydrogen-bond acceptors (Lipinski definition) is 14. The summed E-state index contributed by atoms with van der Waals surface area (Å²) in [5, 5.41) is 33.0. The van der Waals surface area contributed by atoms with Crippen LogP contribution in [0.1, 0.15) is 126 Å². The highest BCUT2D eigenvalue weighted by atomic mass is 16.6. The summed E-state index contributed by atoms with van der Waals surface area (Å²) in [6, 6.07) is -1.16. The Hall–Kier alpha value is -3.41. The maximum absolute atomic E-state index is 14.7. The van der Waals surface area contributed by atoms with Gasteiger partial charge in [-0.2, -0.15) is 0 Å². The predicted octanol–water partition coefficient (Wildman–Crippen LogP) is 6.20. The van der Waals surface area contributed by atoms with Gasteiger partial charge in [0.05, 0.1) is 37.6 Å². The number of methoxy groups -OCH3 is 3. The summed E-state index contributed by atoms with van der Waals surface area (Å²) in [5.74, 6) is -8.02. The number of ether oxygens (including phenoxy) is 6. The van der Waals surface area contributed by atoms with Gasteiger partial charge in [-0.3, -0.25) is 19.2 Å². The van der Waals surface area contributed by atoms with Crippen LogP contribution in [0.5, 0.6) is 0 Å². The quantitative estimate of drug-likeness (QED) is 0.134. The van der Waals surface area contributed by atoms with Crippen molar-refractivity contribution in [3.05, 3.63) is 47.6 Å². The Kier molecular flexibility index (Phi) is 22.9. The molecule has 4 aliphatic rings. The summed E-state index contributed by atoms with van der Waals surface area (Å²) in [4.78, 5) is 72.5. The van der Waals surface area contributed by atoms with Gasteiger partial charge in [-0.1, -0.05) is 71.1 Å². The largest absolute Gasteiger partial charge is 0.460 e. The number of carbonyl (C=O) groups excluding carboxylic acids is 5. The molecule has 1 aliphatic carbocycles. The highest BCUT2D eigenvalue weighted by molar-refractivity contribution is 6.09. The van der Waals surface area contributed by atoms with E-state index in [2.05, 4.69) is 0 Å². The predicted molar refractivity (Wildman–Crippen MR) is 256 cm³/mol. The summed E-state index contributed by atoms with van der Waals surface area (Å²) in [6.45, 7) is 12.8. The van der Waals surface area contributed by atoms with Gasteiger partial charge in [0.15, 0.2) is 5.78 Å². The van der Waals surface area contributed by atoms with Crippen molar-refractivity contribution in [1.29, 1.82) is 0 Å². The van der Waals surface area contributed by atoms with Crippen molar-refractivity contribution in [2.45, 2.75) is 180 Å². The van der Waals surface area contributed by atoms with Gasteiger partial charge in [-0.25, -0.2) is 4.79 Å². The number of hydrogen-bond donors (Lipinski definition) is 3. The summed E-state index contributed by atoms with van der Waals surface area (Å²) in [7, 11) is 4.57. The van der Waals surface area contributed by atoms with Crippen molar-refractivity contribution in [3.8, 4) is 0 Å². The Balaban J connectivity index is 1.73. The van der Waals surface area contributed by atoms with Crippen molar-refractivity contribution in [2.75, 3.05) is 41.1 Å². The van der Waals surface area contributed by atoms with Crippen molar-refractivity contribution in [1.82, 2.24) is 4.90 Å². The Morgan fingerprint density at radius 1 is 0.838 bits per heavy atom. The van der Waals surface area contributed by atoms with E-state index in [9.17, 15) is 39.3 Å². The molecule has 1 saturated carbocycles. The number of piperidine rings is 1. The van der Waals surface area contributed by atoms with Gasteiger partial charge in [0.25, 0.3) is 5.91 Å². The number of Topliss-reactive ketones (excluding diaryl/α,β-unsaturated/α-hetero) is 3. The fourth-order valence-electron chi connectivity index (χ4n) is 10.5.